The zero-order valence-electron chi connectivity index (χ0n) is 10.1. The van der Waals surface area contributed by atoms with Gasteiger partial charge in [0, 0.05) is 6.20 Å². The van der Waals surface area contributed by atoms with E-state index in [0.29, 0.717) is 5.56 Å². The Balaban J connectivity index is 2.47. The Labute approximate surface area is 124 Å². The Hall–Kier alpha value is -1.64. The molecule has 0 saturated heterocycles. The maximum Gasteiger partial charge on any atom is 0.348 e. The molecule has 2 heterocycles. The van der Waals surface area contributed by atoms with Gasteiger partial charge in [-0.05, 0) is 30.0 Å². The van der Waals surface area contributed by atoms with Gasteiger partial charge in [-0.15, -0.1) is 11.3 Å². The van der Waals surface area contributed by atoms with Crippen LogP contribution in [0, 0.1) is 6.92 Å². The van der Waals surface area contributed by atoms with Crippen LogP contribution < -0.4 is 4.72 Å². The maximum atomic E-state index is 12.2. The molecule has 0 saturated carbocycles. The van der Waals surface area contributed by atoms with Crippen molar-refractivity contribution in [3.8, 4) is 0 Å². The average Bonchev–Trinajstić information content (AvgIpc) is 2.71. The topological polar surface area (TPSA) is 96.4 Å². The number of aryl methyl sites for hydroxylation is 1. The third-order valence-corrected chi connectivity index (χ3v) is 5.30. The number of carboxylic acids is 1. The summed E-state index contributed by atoms with van der Waals surface area (Å²) in [6, 6.07) is 2.72. The molecule has 0 spiro atoms. The molecule has 0 fully saturated rings. The van der Waals surface area contributed by atoms with E-state index in [1.807, 2.05) is 0 Å². The minimum absolute atomic E-state index is 0.0439. The number of thiophene rings is 1. The molecule has 0 bridgehead atoms. The van der Waals surface area contributed by atoms with Crippen molar-refractivity contribution in [1.82, 2.24) is 4.98 Å². The summed E-state index contributed by atoms with van der Waals surface area (Å²) in [6.07, 6.45) is 1.36. The summed E-state index contributed by atoms with van der Waals surface area (Å²) in [6.45, 7) is 1.62. The highest BCUT2D eigenvalue weighted by molar-refractivity contribution is 7.92. The van der Waals surface area contributed by atoms with Gasteiger partial charge < -0.3 is 5.11 Å². The van der Waals surface area contributed by atoms with Crippen molar-refractivity contribution < 1.29 is 18.3 Å². The highest BCUT2D eigenvalue weighted by Gasteiger charge is 2.23. The molecule has 2 aromatic heterocycles. The first kappa shape index (κ1) is 14.8. The zero-order chi connectivity index (χ0) is 14.9. The second-order valence-corrected chi connectivity index (χ2v) is 6.71. The number of hydrogen-bond acceptors (Lipinski definition) is 5. The monoisotopic (exact) mass is 332 g/mol. The number of sulfonamides is 1. The minimum Gasteiger partial charge on any atom is -0.477 e. The summed E-state index contributed by atoms with van der Waals surface area (Å²) in [5, 5.41) is 10.4. The van der Waals surface area contributed by atoms with E-state index in [1.165, 1.54) is 18.3 Å². The van der Waals surface area contributed by atoms with Crippen molar-refractivity contribution in [3.05, 3.63) is 39.3 Å². The molecule has 20 heavy (non-hydrogen) atoms. The second-order valence-electron chi connectivity index (χ2n) is 3.83. The van der Waals surface area contributed by atoms with Crippen LogP contribution in [0.25, 0.3) is 0 Å². The number of nitrogens with one attached hydrogen (secondary N) is 1. The van der Waals surface area contributed by atoms with Gasteiger partial charge in [0.25, 0.3) is 10.0 Å². The van der Waals surface area contributed by atoms with E-state index in [1.54, 1.807) is 12.3 Å². The summed E-state index contributed by atoms with van der Waals surface area (Å²) in [4.78, 5) is 14.5. The molecule has 2 N–H and O–H groups in total. The number of aromatic nitrogens is 1. The van der Waals surface area contributed by atoms with E-state index in [4.69, 9.17) is 16.7 Å². The molecule has 6 nitrogen and oxygen atoms in total. The first-order valence-corrected chi connectivity index (χ1v) is 8.01. The lowest BCUT2D eigenvalue weighted by Crippen LogP contribution is -2.15. The highest BCUT2D eigenvalue weighted by Crippen LogP contribution is 2.30. The van der Waals surface area contributed by atoms with Crippen molar-refractivity contribution in [1.29, 1.82) is 0 Å². The summed E-state index contributed by atoms with van der Waals surface area (Å²) in [5.41, 5.74) is 0.568. The molecule has 0 amide bonds. The number of hydrogen-bond donors (Lipinski definition) is 2. The molecule has 9 heteroatoms. The standard InChI is InChI=1S/C11H9ClN2O4S2/c1-6-5-19-9(11(15)16)8(6)14-20(17,18)7-3-2-4-13-10(7)12/h2-5,14H,1H3,(H,15,16). The van der Waals surface area contributed by atoms with Gasteiger partial charge in [-0.2, -0.15) is 0 Å². The van der Waals surface area contributed by atoms with E-state index in [0.717, 1.165) is 11.3 Å². The predicted molar refractivity (Wildman–Crippen MR) is 76.1 cm³/mol. The number of rotatable bonds is 4. The Morgan fingerprint density at radius 2 is 2.20 bits per heavy atom. The van der Waals surface area contributed by atoms with Crippen LogP contribution in [0.2, 0.25) is 5.15 Å². The Bertz CT molecular complexity index is 770. The molecule has 0 aromatic carbocycles. The van der Waals surface area contributed by atoms with Gasteiger partial charge in [0.1, 0.15) is 14.9 Å². The number of aromatic carboxylic acids is 1. The molecule has 2 aromatic rings. The molecule has 0 unspecified atom stereocenters. The Morgan fingerprint density at radius 1 is 1.50 bits per heavy atom. The fourth-order valence-electron chi connectivity index (χ4n) is 1.49. The third kappa shape index (κ3) is 2.77. The molecule has 0 atom stereocenters. The van der Waals surface area contributed by atoms with Gasteiger partial charge in [-0.25, -0.2) is 18.2 Å². The molecule has 0 radical (unpaired) electrons. The Kier molecular flexibility index (Phi) is 3.98. The van der Waals surface area contributed by atoms with E-state index < -0.39 is 16.0 Å². The normalized spacial score (nSPS) is 11.3. The van der Waals surface area contributed by atoms with Crippen LogP contribution in [0.1, 0.15) is 15.2 Å². The van der Waals surface area contributed by atoms with Crippen LogP contribution >= 0.6 is 22.9 Å². The number of pyridine rings is 1. The lowest BCUT2D eigenvalue weighted by atomic mass is 10.3. The lowest BCUT2D eigenvalue weighted by molar-refractivity contribution is 0.0703. The summed E-state index contributed by atoms with van der Waals surface area (Å²) >= 11 is 6.70. The quantitative estimate of drug-likeness (QED) is 0.839. The van der Waals surface area contributed by atoms with Crippen LogP contribution in [0.4, 0.5) is 5.69 Å². The van der Waals surface area contributed by atoms with Gasteiger partial charge >= 0.3 is 5.97 Å². The largest absolute Gasteiger partial charge is 0.477 e. The van der Waals surface area contributed by atoms with Crippen LogP contribution in [0.5, 0.6) is 0 Å². The maximum absolute atomic E-state index is 12.2. The minimum atomic E-state index is -3.99. The van der Waals surface area contributed by atoms with Crippen LogP contribution in [-0.4, -0.2) is 24.5 Å². The summed E-state index contributed by atoms with van der Waals surface area (Å²) < 4.78 is 26.7. The fraction of sp³-hybridized carbons (Fsp3) is 0.0909. The van der Waals surface area contributed by atoms with Crippen molar-refractivity contribution >= 4 is 44.6 Å². The fourth-order valence-corrected chi connectivity index (χ4v) is 4.00. The first-order valence-electron chi connectivity index (χ1n) is 5.27. The molecular formula is C11H9ClN2O4S2. The van der Waals surface area contributed by atoms with E-state index in [-0.39, 0.29) is 20.6 Å². The predicted octanol–water partition coefficient (Wildman–Crippen LogP) is 2.60. The highest BCUT2D eigenvalue weighted by atomic mass is 35.5. The number of carboxylic acid groups (broad SMARTS) is 1. The van der Waals surface area contributed by atoms with E-state index in [9.17, 15) is 13.2 Å². The molecule has 0 aliphatic carbocycles. The molecule has 106 valence electrons. The molecular weight excluding hydrogens is 324 g/mol. The number of carbonyl (C=O) groups is 1. The van der Waals surface area contributed by atoms with Crippen LogP contribution in [0.15, 0.2) is 28.6 Å². The van der Waals surface area contributed by atoms with Gasteiger partial charge in [-0.3, -0.25) is 4.72 Å². The summed E-state index contributed by atoms with van der Waals surface area (Å²) in [7, 11) is -3.99. The summed E-state index contributed by atoms with van der Waals surface area (Å²) in [5.74, 6) is -1.20. The van der Waals surface area contributed by atoms with Crippen molar-refractivity contribution in [2.45, 2.75) is 11.8 Å². The number of anilines is 1. The van der Waals surface area contributed by atoms with Gasteiger partial charge in [0.2, 0.25) is 0 Å². The first-order chi connectivity index (χ1) is 9.33. The van der Waals surface area contributed by atoms with Crippen LogP contribution in [0.3, 0.4) is 0 Å². The molecule has 2 rings (SSSR count). The van der Waals surface area contributed by atoms with Gasteiger partial charge in [0.05, 0.1) is 5.69 Å². The van der Waals surface area contributed by atoms with E-state index in [2.05, 4.69) is 9.71 Å². The molecule has 0 aliphatic heterocycles. The smallest absolute Gasteiger partial charge is 0.348 e. The SMILES string of the molecule is Cc1csc(C(=O)O)c1NS(=O)(=O)c1cccnc1Cl. The lowest BCUT2D eigenvalue weighted by Gasteiger charge is -2.09. The number of nitrogens with zero attached hydrogens (tertiary/aromatic N) is 1. The van der Waals surface area contributed by atoms with Crippen molar-refractivity contribution in [2.24, 2.45) is 0 Å². The Morgan fingerprint density at radius 3 is 2.80 bits per heavy atom. The number of halogens is 1. The van der Waals surface area contributed by atoms with Gasteiger partial charge in [0.15, 0.2) is 0 Å². The van der Waals surface area contributed by atoms with Crippen molar-refractivity contribution in [3.63, 3.8) is 0 Å². The third-order valence-electron chi connectivity index (χ3n) is 2.42. The van der Waals surface area contributed by atoms with Gasteiger partial charge in [-0.1, -0.05) is 11.6 Å². The van der Waals surface area contributed by atoms with E-state index >= 15 is 0 Å². The molecule has 0 aliphatic rings. The average molecular weight is 333 g/mol. The second kappa shape index (κ2) is 5.39. The van der Waals surface area contributed by atoms with Crippen molar-refractivity contribution in [2.75, 3.05) is 4.72 Å². The van der Waals surface area contributed by atoms with Crippen LogP contribution in [-0.2, 0) is 10.0 Å². The zero-order valence-corrected chi connectivity index (χ0v) is 12.5.